The number of hydrogen-bond acceptors (Lipinski definition) is 4. The van der Waals surface area contributed by atoms with Crippen LogP contribution in [0.1, 0.15) is 48.5 Å². The lowest BCUT2D eigenvalue weighted by Crippen LogP contribution is -2.39. The fourth-order valence-corrected chi connectivity index (χ4v) is 3.57. The Morgan fingerprint density at radius 3 is 2.96 bits per heavy atom. The smallest absolute Gasteiger partial charge is 0.251 e. The number of nitrogens with one attached hydrogen (secondary N) is 1. The maximum atomic E-state index is 12.6. The molecular weight excluding hydrogens is 326 g/mol. The number of pyridine rings is 1. The van der Waals surface area contributed by atoms with Gasteiger partial charge >= 0.3 is 0 Å². The molecule has 1 unspecified atom stereocenters. The molecule has 3 rings (SSSR count). The first-order chi connectivity index (χ1) is 12.7. The van der Waals surface area contributed by atoms with Crippen LogP contribution in [0, 0.1) is 0 Å². The van der Waals surface area contributed by atoms with Crippen molar-refractivity contribution in [3.63, 3.8) is 0 Å². The average molecular weight is 353 g/mol. The summed E-state index contributed by atoms with van der Waals surface area (Å²) in [4.78, 5) is 19.5. The van der Waals surface area contributed by atoms with E-state index in [9.17, 15) is 4.79 Å². The molecule has 0 saturated carbocycles. The molecule has 2 aromatic rings. The van der Waals surface area contributed by atoms with E-state index in [-0.39, 0.29) is 5.91 Å². The summed E-state index contributed by atoms with van der Waals surface area (Å²) >= 11 is 0. The number of rotatable bonds is 6. The van der Waals surface area contributed by atoms with E-state index in [4.69, 9.17) is 4.74 Å². The van der Waals surface area contributed by atoms with Gasteiger partial charge in [0.15, 0.2) is 0 Å². The third-order valence-electron chi connectivity index (χ3n) is 5.03. The van der Waals surface area contributed by atoms with Gasteiger partial charge in [0, 0.05) is 36.5 Å². The fourth-order valence-electron chi connectivity index (χ4n) is 3.57. The number of carbonyl (C=O) groups excluding carboxylic acids is 1. The highest BCUT2D eigenvalue weighted by atomic mass is 16.5. The molecule has 1 atom stereocenters. The molecule has 1 aliphatic rings. The van der Waals surface area contributed by atoms with Crippen LogP contribution in [0.4, 0.5) is 5.82 Å². The lowest BCUT2D eigenvalue weighted by atomic mass is 10.00. The first kappa shape index (κ1) is 18.2. The van der Waals surface area contributed by atoms with Crippen molar-refractivity contribution in [2.75, 3.05) is 18.6 Å². The molecule has 0 spiro atoms. The largest absolute Gasteiger partial charge is 0.496 e. The molecule has 5 nitrogen and oxygen atoms in total. The van der Waals surface area contributed by atoms with E-state index < -0.39 is 0 Å². The molecule has 5 heteroatoms. The van der Waals surface area contributed by atoms with Crippen molar-refractivity contribution in [1.82, 2.24) is 10.3 Å². The van der Waals surface area contributed by atoms with E-state index in [0.717, 1.165) is 30.1 Å². The van der Waals surface area contributed by atoms with Gasteiger partial charge in [-0.15, -0.1) is 0 Å². The molecule has 0 radical (unpaired) electrons. The minimum atomic E-state index is -0.0929. The van der Waals surface area contributed by atoms with Crippen molar-refractivity contribution in [2.45, 2.75) is 45.2 Å². The summed E-state index contributed by atoms with van der Waals surface area (Å²) < 4.78 is 5.34. The van der Waals surface area contributed by atoms with Gasteiger partial charge in [-0.3, -0.25) is 4.79 Å². The van der Waals surface area contributed by atoms with E-state index in [1.54, 1.807) is 19.4 Å². The van der Waals surface area contributed by atoms with Crippen LogP contribution in [0.3, 0.4) is 0 Å². The van der Waals surface area contributed by atoms with Crippen molar-refractivity contribution in [2.24, 2.45) is 0 Å². The summed E-state index contributed by atoms with van der Waals surface area (Å²) in [6.45, 7) is 3.66. The number of anilines is 1. The third kappa shape index (κ3) is 4.15. The molecule has 26 heavy (non-hydrogen) atoms. The Hall–Kier alpha value is -2.56. The van der Waals surface area contributed by atoms with Gasteiger partial charge in [0.2, 0.25) is 0 Å². The predicted molar refractivity (Wildman–Crippen MR) is 104 cm³/mol. The molecule has 1 N–H and O–H groups in total. The van der Waals surface area contributed by atoms with Crippen LogP contribution in [-0.2, 0) is 6.54 Å². The van der Waals surface area contributed by atoms with E-state index in [0.29, 0.717) is 18.2 Å². The summed E-state index contributed by atoms with van der Waals surface area (Å²) in [5.41, 5.74) is 1.60. The highest BCUT2D eigenvalue weighted by Crippen LogP contribution is 2.25. The monoisotopic (exact) mass is 353 g/mol. The highest BCUT2D eigenvalue weighted by molar-refractivity contribution is 5.94. The second-order valence-electron chi connectivity index (χ2n) is 6.65. The van der Waals surface area contributed by atoms with Crippen LogP contribution in [-0.4, -0.2) is 30.6 Å². The van der Waals surface area contributed by atoms with E-state index in [2.05, 4.69) is 22.1 Å². The Kier molecular flexibility index (Phi) is 6.10. The van der Waals surface area contributed by atoms with Crippen LogP contribution in [0.2, 0.25) is 0 Å². The van der Waals surface area contributed by atoms with Gasteiger partial charge in [-0.05, 0) is 43.9 Å². The van der Waals surface area contributed by atoms with Gasteiger partial charge in [0.25, 0.3) is 5.91 Å². The molecule has 1 saturated heterocycles. The Balaban J connectivity index is 1.70. The molecule has 0 bridgehead atoms. The predicted octanol–water partition coefficient (Wildman–Crippen LogP) is 3.79. The maximum absolute atomic E-state index is 12.6. The SMILES string of the molecule is CCC1CCCCN1c1cc(C(=O)NCc2ccccc2OC)ccn1. The molecule has 138 valence electrons. The number of carbonyl (C=O) groups is 1. The lowest BCUT2D eigenvalue weighted by Gasteiger charge is -2.36. The zero-order valence-corrected chi connectivity index (χ0v) is 15.6. The fraction of sp³-hybridized carbons (Fsp3) is 0.429. The molecule has 1 aliphatic heterocycles. The van der Waals surface area contributed by atoms with Crippen LogP contribution < -0.4 is 15.0 Å². The summed E-state index contributed by atoms with van der Waals surface area (Å²) in [7, 11) is 1.64. The number of amides is 1. The Morgan fingerprint density at radius 2 is 2.15 bits per heavy atom. The minimum Gasteiger partial charge on any atom is -0.496 e. The molecule has 1 aromatic carbocycles. The Bertz CT molecular complexity index is 748. The molecule has 1 fully saturated rings. The number of benzene rings is 1. The normalized spacial score (nSPS) is 17.0. The molecule has 1 aromatic heterocycles. The second-order valence-corrected chi connectivity index (χ2v) is 6.65. The summed E-state index contributed by atoms with van der Waals surface area (Å²) in [6.07, 6.45) is 6.49. The minimum absolute atomic E-state index is 0.0929. The number of para-hydroxylation sites is 1. The molecular formula is C21H27N3O2. The van der Waals surface area contributed by atoms with Crippen molar-refractivity contribution in [3.8, 4) is 5.75 Å². The summed E-state index contributed by atoms with van der Waals surface area (Å²) in [5.74, 6) is 1.59. The van der Waals surface area contributed by atoms with Crippen LogP contribution in [0.25, 0.3) is 0 Å². The van der Waals surface area contributed by atoms with Crippen molar-refractivity contribution in [1.29, 1.82) is 0 Å². The third-order valence-corrected chi connectivity index (χ3v) is 5.03. The van der Waals surface area contributed by atoms with Gasteiger partial charge in [0.05, 0.1) is 7.11 Å². The maximum Gasteiger partial charge on any atom is 0.251 e. The number of nitrogens with zero attached hydrogens (tertiary/aromatic N) is 2. The number of methoxy groups -OCH3 is 1. The second kappa shape index (κ2) is 8.70. The van der Waals surface area contributed by atoms with E-state index >= 15 is 0 Å². The van der Waals surface area contributed by atoms with E-state index in [1.807, 2.05) is 30.3 Å². The van der Waals surface area contributed by atoms with Gasteiger partial charge in [-0.25, -0.2) is 4.98 Å². The van der Waals surface area contributed by atoms with Crippen molar-refractivity contribution < 1.29 is 9.53 Å². The van der Waals surface area contributed by atoms with Crippen molar-refractivity contribution in [3.05, 3.63) is 53.7 Å². The van der Waals surface area contributed by atoms with Crippen LogP contribution in [0.5, 0.6) is 5.75 Å². The first-order valence-corrected chi connectivity index (χ1v) is 9.35. The van der Waals surface area contributed by atoms with Gasteiger partial charge in [-0.2, -0.15) is 0 Å². The standard InChI is InChI=1S/C21H27N3O2/c1-3-18-9-6-7-13-24(18)20-14-16(11-12-22-20)21(25)23-15-17-8-4-5-10-19(17)26-2/h4-5,8,10-12,14,18H,3,6-7,9,13,15H2,1-2H3,(H,23,25). The van der Waals surface area contributed by atoms with Crippen molar-refractivity contribution >= 4 is 11.7 Å². The summed E-state index contributed by atoms with van der Waals surface area (Å²) in [5, 5.41) is 2.98. The number of ether oxygens (including phenoxy) is 1. The molecule has 1 amide bonds. The Labute approximate surface area is 155 Å². The van der Waals surface area contributed by atoms with Gasteiger partial charge in [0.1, 0.15) is 11.6 Å². The van der Waals surface area contributed by atoms with Gasteiger partial charge in [-0.1, -0.05) is 25.1 Å². The lowest BCUT2D eigenvalue weighted by molar-refractivity contribution is 0.0950. The van der Waals surface area contributed by atoms with Crippen LogP contribution >= 0.6 is 0 Å². The highest BCUT2D eigenvalue weighted by Gasteiger charge is 2.22. The number of piperidine rings is 1. The zero-order valence-electron chi connectivity index (χ0n) is 15.6. The average Bonchev–Trinajstić information content (AvgIpc) is 2.72. The number of hydrogen-bond donors (Lipinski definition) is 1. The quantitative estimate of drug-likeness (QED) is 0.858. The first-order valence-electron chi connectivity index (χ1n) is 9.35. The Morgan fingerprint density at radius 1 is 1.31 bits per heavy atom. The van der Waals surface area contributed by atoms with Crippen LogP contribution in [0.15, 0.2) is 42.6 Å². The summed E-state index contributed by atoms with van der Waals surface area (Å²) in [6, 6.07) is 11.9. The molecule has 2 heterocycles. The zero-order chi connectivity index (χ0) is 18.4. The molecule has 0 aliphatic carbocycles. The van der Waals surface area contributed by atoms with Gasteiger partial charge < -0.3 is 15.0 Å². The topological polar surface area (TPSA) is 54.5 Å². The van der Waals surface area contributed by atoms with E-state index in [1.165, 1.54) is 19.3 Å². The number of aromatic nitrogens is 1.